The first-order valence-electron chi connectivity index (χ1n) is 25.3. The minimum absolute atomic E-state index is 0.00633. The van der Waals surface area contributed by atoms with Crippen LogP contribution >= 0.6 is 11.3 Å². The summed E-state index contributed by atoms with van der Waals surface area (Å²) in [5, 5.41) is 49.0. The first-order valence-corrected chi connectivity index (χ1v) is 26.2. The number of aliphatic hydroxyl groups excluding tert-OH is 3. The number of aliphatic carboxylic acids is 1. The first-order chi connectivity index (χ1) is 32.8. The van der Waals surface area contributed by atoms with E-state index in [0.29, 0.717) is 32.2 Å². The van der Waals surface area contributed by atoms with Crippen molar-refractivity contribution in [3.8, 4) is 10.4 Å². The second-order valence-electron chi connectivity index (χ2n) is 20.9. The first kappa shape index (κ1) is 55.3. The Morgan fingerprint density at radius 3 is 2.26 bits per heavy atom. The van der Waals surface area contributed by atoms with Crippen LogP contribution in [0.15, 0.2) is 53.6 Å². The number of allylic oxidation sites excluding steroid dienone is 3. The van der Waals surface area contributed by atoms with Gasteiger partial charge in [-0.15, -0.1) is 11.3 Å². The molecule has 0 saturated carbocycles. The molecule has 382 valence electrons. The summed E-state index contributed by atoms with van der Waals surface area (Å²) >= 11 is 1.58. The minimum Gasteiger partial charge on any atom is -0.481 e. The summed E-state index contributed by atoms with van der Waals surface area (Å²) in [6.45, 7) is 12.7. The van der Waals surface area contributed by atoms with Crippen molar-refractivity contribution in [1.29, 1.82) is 0 Å². The fourth-order valence-electron chi connectivity index (χ4n) is 10.2. The van der Waals surface area contributed by atoms with E-state index in [0.717, 1.165) is 72.2 Å². The number of aromatic nitrogens is 1. The molecule has 0 bridgehead atoms. The number of carbonyl (C=O) groups is 5. The lowest BCUT2D eigenvalue weighted by Crippen LogP contribution is -2.57. The number of unbranched alkanes of at least 4 members (excludes halogenated alkanes) is 7. The highest BCUT2D eigenvalue weighted by atomic mass is 32.1. The van der Waals surface area contributed by atoms with Gasteiger partial charge in [-0.2, -0.15) is 0 Å². The standard InChI is InChI=1S/C53H79N5O10S/c1-33-25-38-19-16-34(2)42(23-22-39(59)27-40(60)29-46(63)64)47(38)44(26-33)68-52(67)54-24-14-12-10-8-7-9-11-13-15-45(62)57-49(53(4,5)6)51(66)58-31-41(61)28-43(58)50(65)55-30-36-17-20-37(21-18-36)48-35(3)56-32-69-48/h16-21,25,32-34,39-44,47,49,59-61H,7-15,22-24,26-31H2,1-6H3,(H,54,67)(H,55,65)(H,57,62)(H,63,64)/t33-,34-,39?,40?,41+,42-,43-,44-,47-,49?/m0/s1. The largest absolute Gasteiger partial charge is 0.481 e. The predicted octanol–water partition coefficient (Wildman–Crippen LogP) is 7.60. The van der Waals surface area contributed by atoms with E-state index in [1.54, 1.807) is 11.3 Å². The minimum atomic E-state index is -1.10. The number of aryl methyl sites for hydroxylation is 1. The van der Waals surface area contributed by atoms with Crippen molar-refractivity contribution < 1.29 is 49.1 Å². The van der Waals surface area contributed by atoms with Crippen LogP contribution in [0.1, 0.15) is 142 Å². The SMILES string of the molecule is Cc1ncsc1-c1ccc(CNC(=O)[C@@H]2C[C@@H](O)CN2C(=O)C(NC(=O)CCCCCCCCCCNC(=O)O[C@H]2C[C@@H](C)C=C3C=C[C@H](C)[C@H](CCC(O)CC(O)CC(=O)O)[C@H]32)C(C)(C)C)cc1. The van der Waals surface area contributed by atoms with Gasteiger partial charge in [0.15, 0.2) is 0 Å². The Bertz CT molecular complexity index is 2070. The molecule has 1 fully saturated rings. The van der Waals surface area contributed by atoms with Crippen molar-refractivity contribution in [3.63, 3.8) is 0 Å². The van der Waals surface area contributed by atoms with Gasteiger partial charge < -0.3 is 46.0 Å². The molecule has 2 aromatic rings. The molecule has 1 aromatic carbocycles. The zero-order valence-corrected chi connectivity index (χ0v) is 42.5. The Labute approximate surface area is 413 Å². The lowest BCUT2D eigenvalue weighted by molar-refractivity contribution is -0.144. The zero-order chi connectivity index (χ0) is 50.3. The number of alkyl carbamates (subject to hydrolysis) is 1. The second-order valence-corrected chi connectivity index (χ2v) is 21.8. The number of nitrogens with zero attached hydrogens (tertiary/aromatic N) is 2. The maximum Gasteiger partial charge on any atom is 0.407 e. The van der Waals surface area contributed by atoms with Crippen LogP contribution in [0.25, 0.3) is 10.4 Å². The Morgan fingerprint density at radius 1 is 0.928 bits per heavy atom. The van der Waals surface area contributed by atoms with Crippen molar-refractivity contribution in [2.75, 3.05) is 13.1 Å². The van der Waals surface area contributed by atoms with Gasteiger partial charge in [-0.3, -0.25) is 19.2 Å². The zero-order valence-electron chi connectivity index (χ0n) is 41.7. The Balaban J connectivity index is 0.953. The van der Waals surface area contributed by atoms with Crippen LogP contribution in [0.4, 0.5) is 4.79 Å². The van der Waals surface area contributed by atoms with Gasteiger partial charge in [-0.25, -0.2) is 9.78 Å². The van der Waals surface area contributed by atoms with Gasteiger partial charge in [-0.1, -0.05) is 116 Å². The fourth-order valence-corrected chi connectivity index (χ4v) is 11.0. The highest BCUT2D eigenvalue weighted by molar-refractivity contribution is 7.13. The van der Waals surface area contributed by atoms with Crippen LogP contribution < -0.4 is 16.0 Å². The third-order valence-electron chi connectivity index (χ3n) is 14.0. The summed E-state index contributed by atoms with van der Waals surface area (Å²) in [7, 11) is 0. The van der Waals surface area contributed by atoms with E-state index >= 15 is 0 Å². The lowest BCUT2D eigenvalue weighted by Gasteiger charge is -2.43. The summed E-state index contributed by atoms with van der Waals surface area (Å²) in [6, 6.07) is 6.20. The number of benzene rings is 1. The van der Waals surface area contributed by atoms with Crippen LogP contribution in [-0.2, 0) is 30.5 Å². The Hall–Kier alpha value is -4.64. The number of hydrogen-bond donors (Lipinski definition) is 7. The lowest BCUT2D eigenvalue weighted by atomic mass is 9.65. The van der Waals surface area contributed by atoms with E-state index in [2.05, 4.69) is 53.0 Å². The molecule has 3 aliphatic rings. The summed E-state index contributed by atoms with van der Waals surface area (Å²) < 4.78 is 6.08. The van der Waals surface area contributed by atoms with Crippen molar-refractivity contribution in [1.82, 2.24) is 25.8 Å². The average molecular weight is 978 g/mol. The van der Waals surface area contributed by atoms with Gasteiger partial charge in [0.05, 0.1) is 40.8 Å². The molecule has 0 spiro atoms. The van der Waals surface area contributed by atoms with Gasteiger partial charge in [0.1, 0.15) is 18.2 Å². The summed E-state index contributed by atoms with van der Waals surface area (Å²) in [5.74, 6) is -1.47. The quantitative estimate of drug-likeness (QED) is 0.0479. The molecule has 2 aliphatic carbocycles. The van der Waals surface area contributed by atoms with E-state index < -0.39 is 54.3 Å². The second kappa shape index (κ2) is 26.5. The van der Waals surface area contributed by atoms with Gasteiger partial charge in [0.2, 0.25) is 17.7 Å². The number of fused-ring (bicyclic) bond motifs is 1. The third-order valence-corrected chi connectivity index (χ3v) is 14.9. The third kappa shape index (κ3) is 17.0. The number of ether oxygens (including phenoxy) is 1. The summed E-state index contributed by atoms with van der Waals surface area (Å²) in [4.78, 5) is 71.5. The smallest absolute Gasteiger partial charge is 0.407 e. The average Bonchev–Trinajstić information content (AvgIpc) is 3.90. The molecule has 1 aliphatic heterocycles. The number of carboxylic acids is 1. The van der Waals surface area contributed by atoms with Gasteiger partial charge >= 0.3 is 12.1 Å². The van der Waals surface area contributed by atoms with Crippen LogP contribution in [0.5, 0.6) is 0 Å². The molecule has 4 amide bonds. The molecule has 16 heteroatoms. The number of β-amino-alcohol motifs (C(OH)–C–C–N with tert-alkyl or cyclic N) is 1. The van der Waals surface area contributed by atoms with Crippen LogP contribution in [-0.4, -0.2) is 110 Å². The van der Waals surface area contributed by atoms with Gasteiger partial charge in [0, 0.05) is 38.4 Å². The summed E-state index contributed by atoms with van der Waals surface area (Å²) in [6.07, 6.45) is 12.3. The van der Waals surface area contributed by atoms with Crippen LogP contribution in [0, 0.1) is 36.0 Å². The number of likely N-dealkylation sites (tertiary alicyclic amines) is 1. The molecule has 1 aromatic heterocycles. The molecular weight excluding hydrogens is 899 g/mol. The number of nitrogens with one attached hydrogen (secondary N) is 3. The van der Waals surface area contributed by atoms with Crippen molar-refractivity contribution in [2.45, 2.75) is 181 Å². The summed E-state index contributed by atoms with van der Waals surface area (Å²) in [5.41, 5.74) is 5.27. The van der Waals surface area contributed by atoms with Crippen molar-refractivity contribution in [3.05, 3.63) is 64.8 Å². The number of rotatable bonds is 25. The number of thiazole rings is 1. The number of aliphatic hydroxyl groups is 3. The van der Waals surface area contributed by atoms with Crippen LogP contribution in [0.3, 0.4) is 0 Å². The molecule has 69 heavy (non-hydrogen) atoms. The van der Waals surface area contributed by atoms with E-state index in [1.165, 1.54) is 4.90 Å². The number of carbonyl (C=O) groups excluding carboxylic acids is 4. The van der Waals surface area contributed by atoms with E-state index in [4.69, 9.17) is 9.84 Å². The maximum absolute atomic E-state index is 14.0. The molecule has 7 N–H and O–H groups in total. The molecular formula is C53H79N5O10S. The Morgan fingerprint density at radius 2 is 1.61 bits per heavy atom. The number of hydrogen-bond acceptors (Lipinski definition) is 11. The topological polar surface area (TPSA) is 228 Å². The van der Waals surface area contributed by atoms with Crippen LogP contribution in [0.2, 0.25) is 0 Å². The maximum atomic E-state index is 14.0. The molecule has 1 saturated heterocycles. The molecule has 0 radical (unpaired) electrons. The highest BCUT2D eigenvalue weighted by Gasteiger charge is 2.45. The van der Waals surface area contributed by atoms with E-state index in [1.807, 2.05) is 57.5 Å². The fraction of sp³-hybridized carbons (Fsp3) is 0.660. The molecule has 3 unspecified atom stereocenters. The molecule has 5 rings (SSSR count). The predicted molar refractivity (Wildman–Crippen MR) is 267 cm³/mol. The van der Waals surface area contributed by atoms with Crippen molar-refractivity contribution >= 4 is 41.1 Å². The van der Waals surface area contributed by atoms with Gasteiger partial charge in [-0.05, 0) is 85.3 Å². The molecule has 15 nitrogen and oxygen atoms in total. The van der Waals surface area contributed by atoms with Crippen molar-refractivity contribution in [2.24, 2.45) is 29.1 Å². The molecule has 2 heterocycles. The number of amides is 4. The monoisotopic (exact) mass is 978 g/mol. The van der Waals surface area contributed by atoms with E-state index in [-0.39, 0.29) is 79.8 Å². The van der Waals surface area contributed by atoms with E-state index in [9.17, 15) is 39.3 Å². The van der Waals surface area contributed by atoms with Gasteiger partial charge in [0.25, 0.3) is 0 Å². The normalized spacial score (nSPS) is 23.6. The molecule has 10 atom stereocenters. The highest BCUT2D eigenvalue weighted by Crippen LogP contribution is 2.45. The number of carboxylic acid groups (broad SMARTS) is 1. The Kier molecular flexibility index (Phi) is 21.3.